The number of hydrogen-bond donors (Lipinski definition) is 0. The zero-order valence-corrected chi connectivity index (χ0v) is 14.7. The maximum Gasteiger partial charge on any atom is 1.00 e. The molecule has 0 saturated heterocycles. The first-order valence-corrected chi connectivity index (χ1v) is 7.33. The predicted molar refractivity (Wildman–Crippen MR) is 63.8 cm³/mol. The molecule has 0 aromatic rings. The van der Waals surface area contributed by atoms with Crippen LogP contribution in [0.25, 0.3) is 0 Å². The molecular weight excluding hydrogens is 283 g/mol. The standard InChI is InChI=1S/C11H20O6S.Na/c1-4-17-10(13)11(3,9(2)12)7-5-6-8-18(14,15)16;/h4-8H2,1-3H3,(H,14,15,16);/q;+1/p-1. The third-order valence-electron chi connectivity index (χ3n) is 2.82. The van der Waals surface area contributed by atoms with Crippen LogP contribution in [0.2, 0.25) is 0 Å². The second kappa shape index (κ2) is 9.07. The summed E-state index contributed by atoms with van der Waals surface area (Å²) in [4.78, 5) is 23.2. The number of ether oxygens (including phenoxy) is 1. The minimum atomic E-state index is -4.24. The van der Waals surface area contributed by atoms with E-state index in [9.17, 15) is 22.6 Å². The fraction of sp³-hybridized carbons (Fsp3) is 0.818. The van der Waals surface area contributed by atoms with Crippen molar-refractivity contribution < 1.29 is 56.9 Å². The summed E-state index contributed by atoms with van der Waals surface area (Å²) < 4.78 is 36.1. The molecule has 0 aromatic carbocycles. The van der Waals surface area contributed by atoms with Gasteiger partial charge in [0.2, 0.25) is 0 Å². The number of carbonyl (C=O) groups is 2. The molecule has 0 spiro atoms. The number of rotatable bonds is 8. The van der Waals surface area contributed by atoms with E-state index in [2.05, 4.69) is 0 Å². The van der Waals surface area contributed by atoms with E-state index in [4.69, 9.17) is 4.74 Å². The van der Waals surface area contributed by atoms with Crippen LogP contribution < -0.4 is 29.6 Å². The van der Waals surface area contributed by atoms with Crippen LogP contribution in [0.4, 0.5) is 0 Å². The van der Waals surface area contributed by atoms with Crippen molar-refractivity contribution in [2.24, 2.45) is 5.41 Å². The molecule has 0 N–H and O–H groups in total. The minimum Gasteiger partial charge on any atom is -0.748 e. The number of hydrogen-bond acceptors (Lipinski definition) is 6. The Morgan fingerprint density at radius 1 is 1.26 bits per heavy atom. The number of unbranched alkanes of at least 4 members (excludes halogenated alkanes) is 1. The smallest absolute Gasteiger partial charge is 0.748 e. The molecular formula is C11H19NaO6S. The first-order chi connectivity index (χ1) is 8.13. The predicted octanol–water partition coefficient (Wildman–Crippen LogP) is -2.14. The molecule has 0 fully saturated rings. The first kappa shape index (κ1) is 21.4. The maximum absolute atomic E-state index is 11.7. The number of esters is 1. The molecule has 1 atom stereocenters. The van der Waals surface area contributed by atoms with E-state index >= 15 is 0 Å². The largest absolute Gasteiger partial charge is 1.00 e. The molecule has 0 aromatic heterocycles. The van der Waals surface area contributed by atoms with E-state index in [1.807, 2.05) is 0 Å². The number of Topliss-reactive ketones (excluding diaryl/α,β-unsaturated/α-hetero) is 1. The molecule has 0 heterocycles. The van der Waals surface area contributed by atoms with E-state index in [1.165, 1.54) is 13.8 Å². The van der Waals surface area contributed by atoms with Crippen molar-refractivity contribution in [2.75, 3.05) is 12.4 Å². The SMILES string of the molecule is CCOC(=O)C(C)(CCCCS(=O)(=O)[O-])C(C)=O.[Na+]. The summed E-state index contributed by atoms with van der Waals surface area (Å²) in [5, 5.41) is 0. The third kappa shape index (κ3) is 8.04. The summed E-state index contributed by atoms with van der Waals surface area (Å²) in [6, 6.07) is 0. The van der Waals surface area contributed by atoms with Crippen LogP contribution in [0.3, 0.4) is 0 Å². The molecule has 0 aliphatic rings. The van der Waals surface area contributed by atoms with Gasteiger partial charge in [-0.05, 0) is 33.6 Å². The van der Waals surface area contributed by atoms with Gasteiger partial charge in [0.05, 0.1) is 16.7 Å². The van der Waals surface area contributed by atoms with Gasteiger partial charge in [0.25, 0.3) is 0 Å². The molecule has 1 unspecified atom stereocenters. The van der Waals surface area contributed by atoms with Gasteiger partial charge in [-0.3, -0.25) is 9.59 Å². The van der Waals surface area contributed by atoms with Crippen molar-refractivity contribution in [1.82, 2.24) is 0 Å². The fourth-order valence-electron chi connectivity index (χ4n) is 1.47. The van der Waals surface area contributed by atoms with Crippen LogP contribution in [0.15, 0.2) is 0 Å². The van der Waals surface area contributed by atoms with Crippen LogP contribution in [0.5, 0.6) is 0 Å². The van der Waals surface area contributed by atoms with Gasteiger partial charge in [-0.25, -0.2) is 8.42 Å². The Morgan fingerprint density at radius 3 is 2.16 bits per heavy atom. The topological polar surface area (TPSA) is 101 Å². The summed E-state index contributed by atoms with van der Waals surface area (Å²) in [7, 11) is -4.24. The zero-order chi connectivity index (χ0) is 14.4. The van der Waals surface area contributed by atoms with Crippen molar-refractivity contribution in [3.05, 3.63) is 0 Å². The average Bonchev–Trinajstić information content (AvgIpc) is 2.22. The number of carbonyl (C=O) groups excluding carboxylic acids is 2. The molecule has 0 radical (unpaired) electrons. The van der Waals surface area contributed by atoms with Gasteiger partial charge >= 0.3 is 35.5 Å². The Bertz CT molecular complexity index is 405. The van der Waals surface area contributed by atoms with Crippen LogP contribution in [-0.4, -0.2) is 37.1 Å². The monoisotopic (exact) mass is 302 g/mol. The second-order valence-electron chi connectivity index (χ2n) is 4.33. The quantitative estimate of drug-likeness (QED) is 0.167. The van der Waals surface area contributed by atoms with Crippen LogP contribution >= 0.6 is 0 Å². The van der Waals surface area contributed by atoms with E-state index in [-0.39, 0.29) is 54.8 Å². The van der Waals surface area contributed by atoms with E-state index in [0.717, 1.165) is 0 Å². The van der Waals surface area contributed by atoms with Gasteiger partial charge in [0, 0.05) is 5.75 Å². The molecule has 19 heavy (non-hydrogen) atoms. The maximum atomic E-state index is 11.7. The first-order valence-electron chi connectivity index (χ1n) is 5.75. The summed E-state index contributed by atoms with van der Waals surface area (Å²) in [5.74, 6) is -1.42. The van der Waals surface area contributed by atoms with Gasteiger partial charge < -0.3 is 9.29 Å². The summed E-state index contributed by atoms with van der Waals surface area (Å²) in [6.07, 6.45) is 0.612. The molecule has 0 aliphatic carbocycles. The molecule has 8 heteroatoms. The van der Waals surface area contributed by atoms with Crippen molar-refractivity contribution >= 4 is 21.9 Å². The fourth-order valence-corrected chi connectivity index (χ4v) is 2.03. The Morgan fingerprint density at radius 2 is 1.79 bits per heavy atom. The van der Waals surface area contributed by atoms with Crippen LogP contribution in [0.1, 0.15) is 40.0 Å². The molecule has 106 valence electrons. The summed E-state index contributed by atoms with van der Waals surface area (Å²) in [5.41, 5.74) is -1.26. The van der Waals surface area contributed by atoms with E-state index < -0.39 is 27.3 Å². The van der Waals surface area contributed by atoms with E-state index in [0.29, 0.717) is 6.42 Å². The molecule has 6 nitrogen and oxygen atoms in total. The zero-order valence-electron chi connectivity index (χ0n) is 11.9. The summed E-state index contributed by atoms with van der Waals surface area (Å²) >= 11 is 0. The Labute approximate surface area is 136 Å². The number of ketones is 1. The van der Waals surface area contributed by atoms with Crippen molar-refractivity contribution in [3.63, 3.8) is 0 Å². The minimum absolute atomic E-state index is 0. The normalized spacial score (nSPS) is 14.1. The second-order valence-corrected chi connectivity index (χ2v) is 5.85. The van der Waals surface area contributed by atoms with Gasteiger partial charge in [-0.2, -0.15) is 0 Å². The summed E-state index contributed by atoms with van der Waals surface area (Å²) in [6.45, 7) is 4.58. The van der Waals surface area contributed by atoms with Gasteiger partial charge in [0.1, 0.15) is 11.2 Å². The average molecular weight is 302 g/mol. The Kier molecular flexibility index (Phi) is 10.2. The van der Waals surface area contributed by atoms with Crippen molar-refractivity contribution in [3.8, 4) is 0 Å². The van der Waals surface area contributed by atoms with Gasteiger partial charge in [-0.15, -0.1) is 0 Å². The van der Waals surface area contributed by atoms with Crippen LogP contribution in [-0.2, 0) is 24.4 Å². The van der Waals surface area contributed by atoms with Gasteiger partial charge in [0.15, 0.2) is 0 Å². The molecule has 0 amide bonds. The van der Waals surface area contributed by atoms with Gasteiger partial charge in [-0.1, -0.05) is 6.42 Å². The molecule has 0 aliphatic heterocycles. The Balaban J connectivity index is 0. The molecule has 0 saturated carbocycles. The van der Waals surface area contributed by atoms with E-state index in [1.54, 1.807) is 6.92 Å². The Hall–Kier alpha value is 0.0500. The molecule has 0 bridgehead atoms. The van der Waals surface area contributed by atoms with Crippen molar-refractivity contribution in [2.45, 2.75) is 40.0 Å². The molecule has 0 rings (SSSR count). The van der Waals surface area contributed by atoms with Crippen LogP contribution in [0, 0.1) is 5.41 Å². The van der Waals surface area contributed by atoms with Crippen molar-refractivity contribution in [1.29, 1.82) is 0 Å². The third-order valence-corrected chi connectivity index (χ3v) is 3.61.